The molecule has 6 heterocycles. The molecule has 0 bridgehead atoms. The van der Waals surface area contributed by atoms with E-state index in [1.54, 1.807) is 12.1 Å². The number of benzene rings is 2. The lowest BCUT2D eigenvalue weighted by molar-refractivity contribution is 0.0377. The molecule has 1 aromatic heterocycles. The number of anilines is 1. The van der Waals surface area contributed by atoms with Crippen molar-refractivity contribution in [3.8, 4) is 17.0 Å². The second-order valence-corrected chi connectivity index (χ2v) is 16.7. The summed E-state index contributed by atoms with van der Waals surface area (Å²) in [5.74, 6) is -0.167. The molecule has 2 aromatic rings. The third kappa shape index (κ3) is 8.89. The monoisotopic (exact) mass is 802 g/mol. The van der Waals surface area contributed by atoms with Crippen molar-refractivity contribution >= 4 is 27.2 Å². The zero-order valence-corrected chi connectivity index (χ0v) is 34.6. The molecule has 316 valence electrons. The first-order valence-electron chi connectivity index (χ1n) is 21.5. The average molecular weight is 803 g/mol. The number of morpholine rings is 2. The van der Waals surface area contributed by atoms with Crippen molar-refractivity contribution in [2.45, 2.75) is 25.9 Å². The van der Waals surface area contributed by atoms with Crippen molar-refractivity contribution < 1.29 is 14.6 Å². The van der Waals surface area contributed by atoms with E-state index in [-0.39, 0.29) is 29.1 Å². The molecule has 5 aliphatic heterocycles. The van der Waals surface area contributed by atoms with Gasteiger partial charge in [0.25, 0.3) is 16.7 Å². The fraction of sp³-hybridized carbons (Fsp3) is 0.667. The van der Waals surface area contributed by atoms with Gasteiger partial charge in [0.2, 0.25) is 5.88 Å². The summed E-state index contributed by atoms with van der Waals surface area (Å²) < 4.78 is 13.9. The topological polar surface area (TPSA) is 144 Å². The van der Waals surface area contributed by atoms with Crippen LogP contribution in [0.5, 0.6) is 5.88 Å². The van der Waals surface area contributed by atoms with Crippen LogP contribution in [0.4, 0.5) is 5.69 Å². The number of pyridine rings is 2. The minimum atomic E-state index is -0.386. The number of likely N-dealkylation sites (N-methyl/N-ethyl adjacent to an activating group) is 2. The number of piperazine rings is 2. The van der Waals surface area contributed by atoms with Gasteiger partial charge >= 0.3 is 0 Å². The predicted molar refractivity (Wildman–Crippen MR) is 227 cm³/mol. The highest BCUT2D eigenvalue weighted by Gasteiger charge is 2.30. The molecule has 0 spiro atoms. The van der Waals surface area contributed by atoms with E-state index < -0.39 is 0 Å². The zero-order valence-electron chi connectivity index (χ0n) is 34.6. The third-order valence-electron chi connectivity index (χ3n) is 12.8. The van der Waals surface area contributed by atoms with E-state index in [9.17, 15) is 19.5 Å². The van der Waals surface area contributed by atoms with Crippen molar-refractivity contribution in [1.29, 1.82) is 0 Å². The summed E-state index contributed by atoms with van der Waals surface area (Å²) in [6.07, 6.45) is 1.61. The molecule has 0 saturated carbocycles. The van der Waals surface area contributed by atoms with Crippen LogP contribution in [0.15, 0.2) is 31.5 Å². The largest absolute Gasteiger partial charge is 0.494 e. The first kappa shape index (κ1) is 41.0. The molecule has 16 heteroatoms. The van der Waals surface area contributed by atoms with Crippen LogP contribution in [0.25, 0.3) is 32.7 Å². The maximum Gasteiger partial charge on any atom is 0.263 e. The summed E-state index contributed by atoms with van der Waals surface area (Å²) in [4.78, 5) is 63.1. The van der Waals surface area contributed by atoms with Crippen molar-refractivity contribution in [2.75, 3.05) is 164 Å². The number of ether oxygens (including phenoxy) is 2. The van der Waals surface area contributed by atoms with Crippen LogP contribution in [0, 0.1) is 0 Å². The molecule has 16 nitrogen and oxygen atoms in total. The van der Waals surface area contributed by atoms with Crippen molar-refractivity contribution in [3.63, 3.8) is 0 Å². The Morgan fingerprint density at radius 2 is 1.16 bits per heavy atom. The normalized spacial score (nSPS) is 20.7. The molecule has 0 radical (unpaired) electrons. The molecule has 6 aliphatic rings. The molecular weight excluding hydrogens is 741 g/mol. The Labute approximate surface area is 339 Å². The fourth-order valence-electron chi connectivity index (χ4n) is 9.13. The van der Waals surface area contributed by atoms with E-state index >= 15 is 0 Å². The minimum absolute atomic E-state index is 0.167. The van der Waals surface area contributed by atoms with E-state index in [1.165, 1.54) is 9.13 Å². The first-order valence-corrected chi connectivity index (χ1v) is 21.5. The summed E-state index contributed by atoms with van der Waals surface area (Å²) >= 11 is 0. The smallest absolute Gasteiger partial charge is 0.263 e. The van der Waals surface area contributed by atoms with Gasteiger partial charge in [0.15, 0.2) is 0 Å². The van der Waals surface area contributed by atoms with E-state index in [2.05, 4.69) is 48.8 Å². The number of aromatic nitrogens is 2. The SMILES string of the molecule is CN1CCN(CCn2c(O)c3c(=NCCCN4CCOCC4)cc4c(=O)n(CCN5CCN(C)CC5)c(=O)c5c(NCCCN6CCOCC6)cc(c2=O)c3c5-4)CC1. The van der Waals surface area contributed by atoms with Crippen LogP contribution in [0.2, 0.25) is 0 Å². The second kappa shape index (κ2) is 18.7. The summed E-state index contributed by atoms with van der Waals surface area (Å²) in [5.41, 5.74) is 0.225. The van der Waals surface area contributed by atoms with Gasteiger partial charge in [-0.3, -0.25) is 48.1 Å². The van der Waals surface area contributed by atoms with Gasteiger partial charge in [-0.2, -0.15) is 0 Å². The minimum Gasteiger partial charge on any atom is -0.494 e. The van der Waals surface area contributed by atoms with Crippen molar-refractivity contribution in [1.82, 2.24) is 38.5 Å². The maximum absolute atomic E-state index is 14.7. The van der Waals surface area contributed by atoms with Crippen LogP contribution < -0.4 is 27.4 Å². The van der Waals surface area contributed by atoms with Crippen LogP contribution in [-0.2, 0) is 22.6 Å². The maximum atomic E-state index is 14.7. The molecule has 2 N–H and O–H groups in total. The number of aromatic hydroxyl groups is 1. The van der Waals surface area contributed by atoms with E-state index in [1.807, 2.05) is 0 Å². The zero-order chi connectivity index (χ0) is 40.2. The van der Waals surface area contributed by atoms with Gasteiger partial charge in [-0.15, -0.1) is 0 Å². The summed E-state index contributed by atoms with van der Waals surface area (Å²) in [5, 5.41) is 17.8. The lowest BCUT2D eigenvalue weighted by Gasteiger charge is -2.32. The van der Waals surface area contributed by atoms with Gasteiger partial charge in [-0.05, 0) is 45.6 Å². The van der Waals surface area contributed by atoms with Crippen molar-refractivity contribution in [2.24, 2.45) is 4.99 Å². The van der Waals surface area contributed by atoms with Gasteiger partial charge < -0.3 is 29.7 Å². The summed E-state index contributed by atoms with van der Waals surface area (Å²) in [7, 11) is 4.22. The Balaban J connectivity index is 1.24. The highest BCUT2D eigenvalue weighted by atomic mass is 16.5. The molecule has 0 unspecified atom stereocenters. The number of nitrogens with one attached hydrogen (secondary N) is 1. The summed E-state index contributed by atoms with van der Waals surface area (Å²) in [6, 6.07) is 3.57. The Morgan fingerprint density at radius 1 is 0.603 bits per heavy atom. The van der Waals surface area contributed by atoms with Crippen molar-refractivity contribution in [3.05, 3.63) is 48.6 Å². The lowest BCUT2D eigenvalue weighted by Crippen LogP contribution is -2.47. The highest BCUT2D eigenvalue weighted by Crippen LogP contribution is 2.39. The fourth-order valence-corrected chi connectivity index (χ4v) is 9.13. The standard InChI is InChI=1S/C42H62N10O6/c1-45-9-13-49(14-10-45)17-19-51-39(53)31-29-34(44-6-4-8-48-23-27-58-28-24-48)38-36-32(40(54)52(42(38)56)20-18-50-15-11-46(2)12-16-50)30-33(37(35(31)36)41(51)55)43-5-3-7-47-21-25-57-26-22-47/h29-30,43,56H,3-28H2,1-2H3. The third-order valence-corrected chi connectivity index (χ3v) is 12.8. The predicted octanol–water partition coefficient (Wildman–Crippen LogP) is -0.385. The number of rotatable bonds is 15. The number of nitrogens with zero attached hydrogens (tertiary/aromatic N) is 9. The molecule has 4 fully saturated rings. The summed E-state index contributed by atoms with van der Waals surface area (Å²) in [6.45, 7) is 18.2. The van der Waals surface area contributed by atoms with Gasteiger partial charge in [-0.1, -0.05) is 0 Å². The molecule has 4 saturated heterocycles. The van der Waals surface area contributed by atoms with E-state index in [4.69, 9.17) is 14.5 Å². The van der Waals surface area contributed by atoms with E-state index in [0.29, 0.717) is 76.4 Å². The second-order valence-electron chi connectivity index (χ2n) is 16.7. The molecular formula is C42H62N10O6. The highest BCUT2D eigenvalue weighted by molar-refractivity contribution is 6.18. The first-order chi connectivity index (χ1) is 28.3. The van der Waals surface area contributed by atoms with Gasteiger partial charge in [0.05, 0.1) is 53.5 Å². The average Bonchev–Trinajstić information content (AvgIpc) is 3.24. The molecule has 1 aliphatic carbocycles. The molecule has 0 amide bonds. The van der Waals surface area contributed by atoms with Gasteiger partial charge in [0, 0.05) is 141 Å². The van der Waals surface area contributed by atoms with Crippen LogP contribution in [0.3, 0.4) is 0 Å². The molecule has 58 heavy (non-hydrogen) atoms. The quantitative estimate of drug-likeness (QED) is 0.119. The van der Waals surface area contributed by atoms with Crippen LogP contribution in [0.1, 0.15) is 12.8 Å². The lowest BCUT2D eigenvalue weighted by atomic mass is 9.89. The van der Waals surface area contributed by atoms with Gasteiger partial charge in [0.1, 0.15) is 0 Å². The Hall–Kier alpha value is -3.74. The molecule has 1 aromatic carbocycles. The van der Waals surface area contributed by atoms with Crippen LogP contribution >= 0.6 is 0 Å². The molecule has 0 atom stereocenters. The Kier molecular flexibility index (Phi) is 13.2. The Morgan fingerprint density at radius 3 is 1.76 bits per heavy atom. The van der Waals surface area contributed by atoms with Crippen LogP contribution in [-0.4, -0.2) is 202 Å². The number of hydrogen-bond acceptors (Lipinski definition) is 14. The van der Waals surface area contributed by atoms with Gasteiger partial charge in [-0.25, -0.2) is 0 Å². The molecule has 8 rings (SSSR count). The number of hydrogen-bond donors (Lipinski definition) is 2. The Bertz CT molecular complexity index is 2200. The van der Waals surface area contributed by atoms with E-state index in [0.717, 1.165) is 131 Å².